The number of nitrogens with one attached hydrogen (secondary N) is 2. The summed E-state index contributed by atoms with van der Waals surface area (Å²) in [7, 11) is 1.26. The standard InChI is InChI=1S/C27H33F2N7O4/c1-3-35-20(9-14-31-35)23(37)33-22(17-7-11-27(28,29)12-8-17)19-16-36-21(32-19)6-5-18(34-36)15-26(25(39)40-2)10-4-13-30-24(26)38/h5-6,9,14,16-17,22H,3-4,7-8,10-13,15H2,1-2H3,(H,30,38)(H,33,37). The molecule has 1 saturated carbocycles. The SMILES string of the molecule is CCn1nccc1C(=O)NC(c1cn2nc(CC3(C(=O)OC)CCCNC3=O)ccc2n1)C1CCC(F)(F)CC1. The number of amides is 2. The van der Waals surface area contributed by atoms with Crippen molar-refractivity contribution in [1.29, 1.82) is 0 Å². The van der Waals surface area contributed by atoms with E-state index in [2.05, 4.69) is 25.8 Å². The predicted molar refractivity (Wildman–Crippen MR) is 138 cm³/mol. The molecule has 13 heteroatoms. The highest BCUT2D eigenvalue weighted by molar-refractivity contribution is 6.03. The van der Waals surface area contributed by atoms with Crippen molar-refractivity contribution in [2.75, 3.05) is 13.7 Å². The molecule has 2 amide bonds. The molecular weight excluding hydrogens is 524 g/mol. The lowest BCUT2D eigenvalue weighted by atomic mass is 9.76. The summed E-state index contributed by atoms with van der Waals surface area (Å²) in [6.07, 6.45) is 4.18. The van der Waals surface area contributed by atoms with Gasteiger partial charge >= 0.3 is 5.97 Å². The van der Waals surface area contributed by atoms with Gasteiger partial charge in [-0.3, -0.25) is 19.1 Å². The normalized spacial score (nSPS) is 22.1. The van der Waals surface area contributed by atoms with Gasteiger partial charge in [-0.15, -0.1) is 0 Å². The molecule has 1 aliphatic heterocycles. The van der Waals surface area contributed by atoms with E-state index in [1.807, 2.05) is 6.92 Å². The first-order valence-electron chi connectivity index (χ1n) is 13.6. The van der Waals surface area contributed by atoms with Gasteiger partial charge in [-0.1, -0.05) is 0 Å². The van der Waals surface area contributed by atoms with E-state index in [1.165, 1.54) is 11.6 Å². The Morgan fingerprint density at radius 3 is 2.70 bits per heavy atom. The predicted octanol–water partition coefficient (Wildman–Crippen LogP) is 2.85. The van der Waals surface area contributed by atoms with Gasteiger partial charge in [0.05, 0.1) is 30.7 Å². The van der Waals surface area contributed by atoms with Gasteiger partial charge in [-0.2, -0.15) is 10.2 Å². The Bertz CT molecular complexity index is 1400. The van der Waals surface area contributed by atoms with Crippen molar-refractivity contribution in [1.82, 2.24) is 35.0 Å². The van der Waals surface area contributed by atoms with Crippen LogP contribution in [0.15, 0.2) is 30.6 Å². The summed E-state index contributed by atoms with van der Waals surface area (Å²) in [6, 6.07) is 4.41. The second-order valence-electron chi connectivity index (χ2n) is 10.6. The fraction of sp³-hybridized carbons (Fsp3) is 0.556. The fourth-order valence-corrected chi connectivity index (χ4v) is 5.82. The molecular formula is C27H33F2N7O4. The third-order valence-electron chi connectivity index (χ3n) is 8.04. The highest BCUT2D eigenvalue weighted by Gasteiger charge is 2.49. The molecule has 11 nitrogen and oxygen atoms in total. The molecule has 0 spiro atoms. The smallest absolute Gasteiger partial charge is 0.321 e. The number of halogens is 2. The molecule has 0 radical (unpaired) electrons. The number of alkyl halides is 2. The average molecular weight is 558 g/mol. The average Bonchev–Trinajstić information content (AvgIpc) is 3.59. The second-order valence-corrected chi connectivity index (χ2v) is 10.6. The molecule has 3 aromatic rings. The van der Waals surface area contributed by atoms with E-state index < -0.39 is 23.3 Å². The van der Waals surface area contributed by atoms with Crippen molar-refractivity contribution >= 4 is 23.4 Å². The van der Waals surface area contributed by atoms with E-state index >= 15 is 0 Å². The number of nitrogens with zero attached hydrogens (tertiary/aromatic N) is 5. The van der Waals surface area contributed by atoms with Gasteiger partial charge < -0.3 is 15.4 Å². The number of rotatable bonds is 8. The largest absolute Gasteiger partial charge is 0.468 e. The van der Waals surface area contributed by atoms with Crippen molar-refractivity contribution in [3.05, 3.63) is 47.7 Å². The Kier molecular flexibility index (Phi) is 7.56. The number of hydrogen-bond acceptors (Lipinski definition) is 7. The molecule has 4 heterocycles. The summed E-state index contributed by atoms with van der Waals surface area (Å²) < 4.78 is 36.0. The van der Waals surface area contributed by atoms with Crippen LogP contribution in [0.5, 0.6) is 0 Å². The zero-order valence-electron chi connectivity index (χ0n) is 22.5. The maximum atomic E-state index is 14.0. The number of hydrogen-bond donors (Lipinski definition) is 2. The van der Waals surface area contributed by atoms with Crippen molar-refractivity contribution in [3.63, 3.8) is 0 Å². The van der Waals surface area contributed by atoms with Crippen LogP contribution in [0.4, 0.5) is 8.78 Å². The lowest BCUT2D eigenvalue weighted by molar-refractivity contribution is -0.161. The molecule has 5 rings (SSSR count). The Labute approximate surface area is 229 Å². The number of fused-ring (bicyclic) bond motifs is 1. The molecule has 2 fully saturated rings. The van der Waals surface area contributed by atoms with Crippen molar-refractivity contribution in [3.8, 4) is 0 Å². The highest BCUT2D eigenvalue weighted by Crippen LogP contribution is 2.41. The van der Waals surface area contributed by atoms with Crippen molar-refractivity contribution in [2.24, 2.45) is 11.3 Å². The minimum absolute atomic E-state index is 0.0494. The number of aromatic nitrogens is 5. The molecule has 214 valence electrons. The highest BCUT2D eigenvalue weighted by atomic mass is 19.3. The zero-order valence-corrected chi connectivity index (χ0v) is 22.5. The van der Waals surface area contributed by atoms with E-state index in [1.54, 1.807) is 35.3 Å². The molecule has 1 saturated heterocycles. The summed E-state index contributed by atoms with van der Waals surface area (Å²) in [4.78, 5) is 43.4. The Hall–Kier alpha value is -3.90. The third kappa shape index (κ3) is 5.28. The maximum absolute atomic E-state index is 14.0. The van der Waals surface area contributed by atoms with E-state index in [0.717, 1.165) is 0 Å². The Balaban J connectivity index is 1.45. The van der Waals surface area contributed by atoms with Crippen LogP contribution >= 0.6 is 0 Å². The molecule has 2 atom stereocenters. The summed E-state index contributed by atoms with van der Waals surface area (Å²) in [5.74, 6) is -4.33. The Morgan fingerprint density at radius 1 is 1.23 bits per heavy atom. The first-order chi connectivity index (χ1) is 19.2. The third-order valence-corrected chi connectivity index (χ3v) is 8.04. The Morgan fingerprint density at radius 2 is 2.00 bits per heavy atom. The number of esters is 1. The monoisotopic (exact) mass is 557 g/mol. The maximum Gasteiger partial charge on any atom is 0.321 e. The van der Waals surface area contributed by atoms with E-state index in [4.69, 9.17) is 4.74 Å². The van der Waals surface area contributed by atoms with Crippen molar-refractivity contribution < 1.29 is 27.9 Å². The summed E-state index contributed by atoms with van der Waals surface area (Å²) in [5.41, 5.74) is 0.468. The van der Waals surface area contributed by atoms with Gasteiger partial charge in [0.25, 0.3) is 5.91 Å². The van der Waals surface area contributed by atoms with Gasteiger partial charge in [0, 0.05) is 38.5 Å². The first-order valence-corrected chi connectivity index (χ1v) is 13.6. The molecule has 0 aromatic carbocycles. The molecule has 40 heavy (non-hydrogen) atoms. The van der Waals surface area contributed by atoms with Crippen molar-refractivity contribution in [2.45, 2.75) is 70.4 Å². The van der Waals surface area contributed by atoms with Crippen LogP contribution in [0.2, 0.25) is 0 Å². The second kappa shape index (κ2) is 10.9. The molecule has 3 aromatic heterocycles. The van der Waals surface area contributed by atoms with Gasteiger partial charge in [0.15, 0.2) is 11.1 Å². The van der Waals surface area contributed by atoms with Crippen LogP contribution in [0.3, 0.4) is 0 Å². The minimum Gasteiger partial charge on any atom is -0.468 e. The number of aryl methyl sites for hydroxylation is 1. The van der Waals surface area contributed by atoms with Crippen LogP contribution in [0, 0.1) is 11.3 Å². The number of imidazole rings is 1. The van der Waals surface area contributed by atoms with Gasteiger partial charge in [-0.25, -0.2) is 18.3 Å². The zero-order chi connectivity index (χ0) is 28.5. The summed E-state index contributed by atoms with van der Waals surface area (Å²) >= 11 is 0. The quantitative estimate of drug-likeness (QED) is 0.322. The lowest BCUT2D eigenvalue weighted by Crippen LogP contribution is -2.52. The minimum atomic E-state index is -2.72. The van der Waals surface area contributed by atoms with Crippen LogP contribution in [0.1, 0.15) is 73.4 Å². The molecule has 2 aliphatic rings. The molecule has 2 unspecified atom stereocenters. The number of ether oxygens (including phenoxy) is 1. The molecule has 1 aliphatic carbocycles. The van der Waals surface area contributed by atoms with Crippen LogP contribution < -0.4 is 10.6 Å². The molecule has 0 bridgehead atoms. The van der Waals surface area contributed by atoms with E-state index in [-0.39, 0.29) is 49.8 Å². The van der Waals surface area contributed by atoms with Gasteiger partial charge in [0.2, 0.25) is 11.8 Å². The van der Waals surface area contributed by atoms with Crippen LogP contribution in [0.25, 0.3) is 5.65 Å². The number of carbonyl (C=O) groups is 3. The lowest BCUT2D eigenvalue weighted by Gasteiger charge is -2.33. The molecule has 2 N–H and O–H groups in total. The topological polar surface area (TPSA) is 133 Å². The van der Waals surface area contributed by atoms with E-state index in [9.17, 15) is 23.2 Å². The fourth-order valence-electron chi connectivity index (χ4n) is 5.82. The summed E-state index contributed by atoms with van der Waals surface area (Å²) in [5, 5.41) is 14.5. The number of methoxy groups -OCH3 is 1. The summed E-state index contributed by atoms with van der Waals surface area (Å²) in [6.45, 7) is 2.87. The number of carbonyl (C=O) groups excluding carboxylic acids is 3. The number of piperidine rings is 1. The van der Waals surface area contributed by atoms with Gasteiger partial charge in [-0.05, 0) is 56.7 Å². The first kappa shape index (κ1) is 27.7. The van der Waals surface area contributed by atoms with Gasteiger partial charge in [0.1, 0.15) is 5.69 Å². The van der Waals surface area contributed by atoms with Crippen LogP contribution in [-0.2, 0) is 27.3 Å². The van der Waals surface area contributed by atoms with E-state index in [0.29, 0.717) is 48.7 Å². The van der Waals surface area contributed by atoms with Crippen LogP contribution in [-0.4, -0.2) is 61.7 Å².